The predicted molar refractivity (Wildman–Crippen MR) is 84.7 cm³/mol. The maximum Gasteiger partial charge on any atom is 0.357 e. The molecule has 0 bridgehead atoms. The van der Waals surface area contributed by atoms with Gasteiger partial charge in [-0.3, -0.25) is 0 Å². The van der Waals surface area contributed by atoms with Crippen LogP contribution >= 0.6 is 11.6 Å². The van der Waals surface area contributed by atoms with Crippen LogP contribution in [0.25, 0.3) is 5.65 Å². The maximum atomic E-state index is 11.8. The Bertz CT molecular complexity index is 833. The lowest BCUT2D eigenvalue weighted by molar-refractivity contribution is 0.0519. The van der Waals surface area contributed by atoms with E-state index in [4.69, 9.17) is 21.1 Å². The summed E-state index contributed by atoms with van der Waals surface area (Å²) in [6.07, 6.45) is 0. The summed E-state index contributed by atoms with van der Waals surface area (Å²) in [6, 6.07) is 12.8. The lowest BCUT2D eigenvalue weighted by Gasteiger charge is -2.02. The Morgan fingerprint density at radius 1 is 1.26 bits per heavy atom. The SMILES string of the molecule is CCOC(=O)c1cc(Cl)n2nc(OCc3ccccc3)cc2n1. The van der Waals surface area contributed by atoms with E-state index >= 15 is 0 Å². The standard InChI is InChI=1S/C16H14ClN3O3/c1-2-22-16(21)12-8-13(17)20-14(18-12)9-15(19-20)23-10-11-6-4-3-5-7-11/h3-9H,2,10H2,1H3. The Morgan fingerprint density at radius 3 is 2.78 bits per heavy atom. The van der Waals surface area contributed by atoms with Crippen molar-refractivity contribution in [3.63, 3.8) is 0 Å². The van der Waals surface area contributed by atoms with E-state index in [1.807, 2.05) is 30.3 Å². The first kappa shape index (κ1) is 15.3. The summed E-state index contributed by atoms with van der Waals surface area (Å²) in [6.45, 7) is 2.38. The lowest BCUT2D eigenvalue weighted by Crippen LogP contribution is -2.08. The van der Waals surface area contributed by atoms with Crippen LogP contribution in [0.15, 0.2) is 42.5 Å². The number of aromatic nitrogens is 3. The van der Waals surface area contributed by atoms with Crippen molar-refractivity contribution in [3.05, 3.63) is 58.9 Å². The first-order chi connectivity index (χ1) is 11.2. The van der Waals surface area contributed by atoms with Gasteiger partial charge in [0.25, 0.3) is 0 Å². The van der Waals surface area contributed by atoms with Gasteiger partial charge >= 0.3 is 5.97 Å². The summed E-state index contributed by atoms with van der Waals surface area (Å²) < 4.78 is 12.0. The van der Waals surface area contributed by atoms with Crippen LogP contribution in [0.2, 0.25) is 5.15 Å². The molecule has 0 radical (unpaired) electrons. The first-order valence-corrected chi connectivity index (χ1v) is 7.45. The van der Waals surface area contributed by atoms with E-state index in [9.17, 15) is 4.79 Å². The molecule has 23 heavy (non-hydrogen) atoms. The van der Waals surface area contributed by atoms with Gasteiger partial charge in [-0.2, -0.15) is 0 Å². The molecule has 0 N–H and O–H groups in total. The number of fused-ring (bicyclic) bond motifs is 1. The maximum absolute atomic E-state index is 11.8. The highest BCUT2D eigenvalue weighted by Crippen LogP contribution is 2.19. The fourth-order valence-electron chi connectivity index (χ4n) is 2.03. The topological polar surface area (TPSA) is 65.7 Å². The van der Waals surface area contributed by atoms with Crippen molar-refractivity contribution in [3.8, 4) is 5.88 Å². The quantitative estimate of drug-likeness (QED) is 0.531. The molecule has 0 aliphatic carbocycles. The molecule has 0 amide bonds. The molecule has 2 heterocycles. The Morgan fingerprint density at radius 2 is 2.04 bits per heavy atom. The highest BCUT2D eigenvalue weighted by atomic mass is 35.5. The minimum atomic E-state index is -0.523. The molecule has 0 aliphatic heterocycles. The number of rotatable bonds is 5. The van der Waals surface area contributed by atoms with Crippen molar-refractivity contribution in [2.24, 2.45) is 0 Å². The normalized spacial score (nSPS) is 10.7. The molecule has 0 saturated heterocycles. The second kappa shape index (κ2) is 6.66. The van der Waals surface area contributed by atoms with Gasteiger partial charge in [0.05, 0.1) is 6.61 Å². The molecular formula is C16H14ClN3O3. The van der Waals surface area contributed by atoms with Crippen molar-refractivity contribution >= 4 is 23.2 Å². The molecule has 0 atom stereocenters. The average molecular weight is 332 g/mol. The number of ether oxygens (including phenoxy) is 2. The summed E-state index contributed by atoms with van der Waals surface area (Å²) in [5.74, 6) is -0.144. The first-order valence-electron chi connectivity index (χ1n) is 7.07. The van der Waals surface area contributed by atoms with Crippen LogP contribution in [0.4, 0.5) is 0 Å². The molecule has 2 aromatic heterocycles. The van der Waals surface area contributed by atoms with Crippen molar-refractivity contribution in [2.75, 3.05) is 6.61 Å². The Kier molecular flexibility index (Phi) is 4.43. The van der Waals surface area contributed by atoms with Gasteiger partial charge in [0.2, 0.25) is 5.88 Å². The van der Waals surface area contributed by atoms with Crippen molar-refractivity contribution in [1.82, 2.24) is 14.6 Å². The Hall–Kier alpha value is -2.60. The van der Waals surface area contributed by atoms with Crippen LogP contribution < -0.4 is 4.74 Å². The van der Waals surface area contributed by atoms with Crippen LogP contribution in [-0.4, -0.2) is 27.2 Å². The summed E-state index contributed by atoms with van der Waals surface area (Å²) in [4.78, 5) is 15.9. The molecule has 0 aliphatic rings. The molecule has 0 unspecified atom stereocenters. The lowest BCUT2D eigenvalue weighted by atomic mass is 10.2. The van der Waals surface area contributed by atoms with E-state index < -0.39 is 5.97 Å². The van der Waals surface area contributed by atoms with Crippen molar-refractivity contribution < 1.29 is 14.3 Å². The number of benzene rings is 1. The highest BCUT2D eigenvalue weighted by molar-refractivity contribution is 6.30. The fraction of sp³-hybridized carbons (Fsp3) is 0.188. The molecule has 118 valence electrons. The van der Waals surface area contributed by atoms with Crippen molar-refractivity contribution in [1.29, 1.82) is 0 Å². The van der Waals surface area contributed by atoms with Crippen molar-refractivity contribution in [2.45, 2.75) is 13.5 Å². The third-order valence-electron chi connectivity index (χ3n) is 3.08. The van der Waals surface area contributed by atoms with E-state index in [0.717, 1.165) is 5.56 Å². The van der Waals surface area contributed by atoms with E-state index in [2.05, 4.69) is 10.1 Å². The van der Waals surface area contributed by atoms with Crippen LogP contribution in [0.3, 0.4) is 0 Å². The minimum Gasteiger partial charge on any atom is -0.472 e. The molecular weight excluding hydrogens is 318 g/mol. The van der Waals surface area contributed by atoms with Gasteiger partial charge in [0, 0.05) is 12.1 Å². The summed E-state index contributed by atoms with van der Waals surface area (Å²) in [5, 5.41) is 4.48. The van der Waals surface area contributed by atoms with Gasteiger partial charge in [0.1, 0.15) is 11.8 Å². The number of hydrogen-bond donors (Lipinski definition) is 0. The number of carbonyl (C=O) groups excluding carboxylic acids is 1. The molecule has 1 aromatic carbocycles. The highest BCUT2D eigenvalue weighted by Gasteiger charge is 2.14. The largest absolute Gasteiger partial charge is 0.472 e. The van der Waals surface area contributed by atoms with Crippen LogP contribution in [0.1, 0.15) is 23.0 Å². The van der Waals surface area contributed by atoms with Gasteiger partial charge in [0.15, 0.2) is 11.3 Å². The van der Waals surface area contributed by atoms with Gasteiger partial charge in [-0.15, -0.1) is 5.10 Å². The second-order valence-electron chi connectivity index (χ2n) is 4.71. The third kappa shape index (κ3) is 3.43. The number of halogens is 1. The second-order valence-corrected chi connectivity index (χ2v) is 5.10. The van der Waals surface area contributed by atoms with Crippen LogP contribution in [0.5, 0.6) is 5.88 Å². The zero-order valence-corrected chi connectivity index (χ0v) is 13.2. The zero-order valence-electron chi connectivity index (χ0n) is 12.4. The molecule has 0 fully saturated rings. The summed E-state index contributed by atoms with van der Waals surface area (Å²) >= 11 is 6.13. The Balaban J connectivity index is 1.83. The number of nitrogens with zero attached hydrogens (tertiary/aromatic N) is 3. The van der Waals surface area contributed by atoms with E-state index in [1.165, 1.54) is 10.6 Å². The number of hydrogen-bond acceptors (Lipinski definition) is 5. The van der Waals surface area contributed by atoms with Gasteiger partial charge in [-0.05, 0) is 12.5 Å². The minimum absolute atomic E-state index is 0.138. The molecule has 7 heteroatoms. The van der Waals surface area contributed by atoms with Gasteiger partial charge in [-0.1, -0.05) is 41.9 Å². The average Bonchev–Trinajstić information content (AvgIpc) is 2.98. The molecule has 3 aromatic rings. The van der Waals surface area contributed by atoms with Crippen LogP contribution in [-0.2, 0) is 11.3 Å². The Labute approximate surface area is 137 Å². The molecule has 0 spiro atoms. The van der Waals surface area contributed by atoms with Crippen LogP contribution in [0, 0.1) is 0 Å². The molecule has 0 saturated carbocycles. The van der Waals surface area contributed by atoms with E-state index in [1.54, 1.807) is 13.0 Å². The van der Waals surface area contributed by atoms with E-state index in [0.29, 0.717) is 18.1 Å². The van der Waals surface area contributed by atoms with E-state index in [-0.39, 0.29) is 17.5 Å². The zero-order chi connectivity index (χ0) is 16.2. The fourth-order valence-corrected chi connectivity index (χ4v) is 2.26. The third-order valence-corrected chi connectivity index (χ3v) is 3.34. The van der Waals surface area contributed by atoms with Gasteiger partial charge < -0.3 is 9.47 Å². The van der Waals surface area contributed by atoms with Gasteiger partial charge in [-0.25, -0.2) is 14.3 Å². The molecule has 3 rings (SSSR count). The molecule has 6 nitrogen and oxygen atoms in total. The monoisotopic (exact) mass is 331 g/mol. The predicted octanol–water partition coefficient (Wildman–Crippen LogP) is 3.14. The summed E-state index contributed by atoms with van der Waals surface area (Å²) in [7, 11) is 0. The smallest absolute Gasteiger partial charge is 0.357 e. The number of carbonyl (C=O) groups is 1. The number of esters is 1. The summed E-state index contributed by atoms with van der Waals surface area (Å²) in [5.41, 5.74) is 1.58.